The summed E-state index contributed by atoms with van der Waals surface area (Å²) >= 11 is 0. The summed E-state index contributed by atoms with van der Waals surface area (Å²) in [6, 6.07) is 7.21. The fourth-order valence-electron chi connectivity index (χ4n) is 1.83. The number of anilines is 1. The van der Waals surface area contributed by atoms with Crippen molar-refractivity contribution in [1.29, 1.82) is 0 Å². The zero-order valence-electron chi connectivity index (χ0n) is 11.8. The molecule has 0 aliphatic rings. The summed E-state index contributed by atoms with van der Waals surface area (Å²) in [7, 11) is -4.26. The second-order valence-corrected chi connectivity index (χ2v) is 6.43. The van der Waals surface area contributed by atoms with Crippen LogP contribution in [0.5, 0.6) is 0 Å². The minimum atomic E-state index is -4.26. The molecular formula is C14H13FN2O4S. The number of halogens is 1. The molecule has 22 heavy (non-hydrogen) atoms. The molecule has 0 saturated heterocycles. The van der Waals surface area contributed by atoms with E-state index in [9.17, 15) is 22.9 Å². The number of rotatable bonds is 4. The van der Waals surface area contributed by atoms with Gasteiger partial charge in [0.1, 0.15) is 10.7 Å². The van der Waals surface area contributed by atoms with Crippen molar-refractivity contribution >= 4 is 21.4 Å². The maximum absolute atomic E-state index is 13.7. The molecule has 2 rings (SSSR count). The largest absolute Gasteiger partial charge is 0.280 e. The van der Waals surface area contributed by atoms with Gasteiger partial charge in [-0.15, -0.1) is 0 Å². The van der Waals surface area contributed by atoms with Crippen LogP contribution in [-0.4, -0.2) is 13.3 Å². The normalized spacial score (nSPS) is 11.2. The van der Waals surface area contributed by atoms with Crippen LogP contribution in [0.3, 0.4) is 0 Å². The Kier molecular flexibility index (Phi) is 4.14. The number of sulfonamides is 1. The van der Waals surface area contributed by atoms with Crippen LogP contribution in [0.25, 0.3) is 0 Å². The molecular weight excluding hydrogens is 311 g/mol. The van der Waals surface area contributed by atoms with Gasteiger partial charge in [-0.3, -0.25) is 14.8 Å². The third kappa shape index (κ3) is 3.22. The average molecular weight is 324 g/mol. The fraction of sp³-hybridized carbons (Fsp3) is 0.143. The number of hydrogen-bond acceptors (Lipinski definition) is 4. The zero-order chi connectivity index (χ0) is 16.5. The molecule has 8 heteroatoms. The van der Waals surface area contributed by atoms with E-state index in [0.717, 1.165) is 23.3 Å². The van der Waals surface area contributed by atoms with Crippen molar-refractivity contribution in [2.75, 3.05) is 4.72 Å². The van der Waals surface area contributed by atoms with Gasteiger partial charge in [0.2, 0.25) is 0 Å². The molecule has 0 aliphatic heterocycles. The van der Waals surface area contributed by atoms with E-state index in [1.54, 1.807) is 19.1 Å². The third-order valence-corrected chi connectivity index (χ3v) is 4.57. The third-order valence-electron chi connectivity index (χ3n) is 3.17. The van der Waals surface area contributed by atoms with Crippen LogP contribution in [0.1, 0.15) is 11.1 Å². The highest BCUT2D eigenvalue weighted by molar-refractivity contribution is 7.92. The summed E-state index contributed by atoms with van der Waals surface area (Å²) in [4.78, 5) is 9.15. The van der Waals surface area contributed by atoms with Gasteiger partial charge in [-0.25, -0.2) is 12.8 Å². The minimum absolute atomic E-state index is 0.258. The SMILES string of the molecule is Cc1ccc(NS(=O)(=O)c2cc([N+](=O)[O-])ccc2F)cc1C. The Morgan fingerprint density at radius 1 is 1.09 bits per heavy atom. The van der Waals surface area contributed by atoms with Crippen molar-refractivity contribution in [1.82, 2.24) is 0 Å². The molecule has 0 saturated carbocycles. The highest BCUT2D eigenvalue weighted by Gasteiger charge is 2.22. The predicted molar refractivity (Wildman–Crippen MR) is 79.8 cm³/mol. The van der Waals surface area contributed by atoms with Crippen molar-refractivity contribution in [3.05, 3.63) is 63.5 Å². The van der Waals surface area contributed by atoms with Gasteiger partial charge in [-0.05, 0) is 43.2 Å². The average Bonchev–Trinajstić information content (AvgIpc) is 2.42. The summed E-state index contributed by atoms with van der Waals surface area (Å²) in [6.07, 6.45) is 0. The van der Waals surface area contributed by atoms with E-state index in [4.69, 9.17) is 0 Å². The van der Waals surface area contributed by atoms with Gasteiger partial charge >= 0.3 is 0 Å². The van der Waals surface area contributed by atoms with Gasteiger partial charge in [0.15, 0.2) is 0 Å². The van der Waals surface area contributed by atoms with Crippen LogP contribution < -0.4 is 4.72 Å². The lowest BCUT2D eigenvalue weighted by Gasteiger charge is -2.10. The predicted octanol–water partition coefficient (Wildman–Crippen LogP) is 3.15. The monoisotopic (exact) mass is 324 g/mol. The molecule has 0 fully saturated rings. The number of benzene rings is 2. The van der Waals surface area contributed by atoms with E-state index in [-0.39, 0.29) is 5.69 Å². The Morgan fingerprint density at radius 3 is 2.36 bits per heavy atom. The maximum atomic E-state index is 13.7. The van der Waals surface area contributed by atoms with Crippen LogP contribution in [0.2, 0.25) is 0 Å². The number of nitro benzene ring substituents is 1. The first-order valence-corrected chi connectivity index (χ1v) is 7.73. The lowest BCUT2D eigenvalue weighted by molar-refractivity contribution is -0.385. The van der Waals surface area contributed by atoms with Crippen LogP contribution in [-0.2, 0) is 10.0 Å². The van der Waals surface area contributed by atoms with Crippen molar-refractivity contribution < 1.29 is 17.7 Å². The number of nitrogens with one attached hydrogen (secondary N) is 1. The van der Waals surface area contributed by atoms with Gasteiger partial charge in [-0.1, -0.05) is 6.07 Å². The standard InChI is InChI=1S/C14H13FN2O4S/c1-9-3-4-11(7-10(9)2)16-22(20,21)14-8-12(17(18)19)5-6-13(14)15/h3-8,16H,1-2H3. The van der Waals surface area contributed by atoms with Gasteiger partial charge < -0.3 is 0 Å². The van der Waals surface area contributed by atoms with Gasteiger partial charge in [0.25, 0.3) is 15.7 Å². The van der Waals surface area contributed by atoms with Gasteiger partial charge in [0.05, 0.1) is 4.92 Å². The van der Waals surface area contributed by atoms with E-state index in [0.29, 0.717) is 6.07 Å². The highest BCUT2D eigenvalue weighted by atomic mass is 32.2. The van der Waals surface area contributed by atoms with Crippen LogP contribution in [0.4, 0.5) is 15.8 Å². The molecule has 2 aromatic rings. The smallest absolute Gasteiger partial charge is 0.271 e. The molecule has 0 amide bonds. The number of non-ortho nitro benzene ring substituents is 1. The molecule has 0 radical (unpaired) electrons. The van der Waals surface area contributed by atoms with Crippen LogP contribution >= 0.6 is 0 Å². The van der Waals surface area contributed by atoms with E-state index < -0.39 is 31.3 Å². The first-order valence-electron chi connectivity index (χ1n) is 6.25. The quantitative estimate of drug-likeness (QED) is 0.691. The molecule has 2 aromatic carbocycles. The summed E-state index contributed by atoms with van der Waals surface area (Å²) in [5.41, 5.74) is 1.60. The Balaban J connectivity index is 2.44. The van der Waals surface area contributed by atoms with Crippen molar-refractivity contribution in [2.24, 2.45) is 0 Å². The van der Waals surface area contributed by atoms with Crippen molar-refractivity contribution in [3.63, 3.8) is 0 Å². The number of aryl methyl sites for hydroxylation is 2. The van der Waals surface area contributed by atoms with E-state index in [1.807, 2.05) is 6.92 Å². The molecule has 0 aromatic heterocycles. The lowest BCUT2D eigenvalue weighted by Crippen LogP contribution is -2.15. The number of nitro groups is 1. The van der Waals surface area contributed by atoms with E-state index >= 15 is 0 Å². The van der Waals surface area contributed by atoms with E-state index in [1.165, 1.54) is 6.07 Å². The summed E-state index contributed by atoms with van der Waals surface area (Å²) in [6.45, 7) is 3.68. The minimum Gasteiger partial charge on any atom is -0.280 e. The number of hydrogen-bond donors (Lipinski definition) is 1. The maximum Gasteiger partial charge on any atom is 0.271 e. The molecule has 116 valence electrons. The topological polar surface area (TPSA) is 89.3 Å². The van der Waals surface area contributed by atoms with Crippen molar-refractivity contribution in [2.45, 2.75) is 18.7 Å². The summed E-state index contributed by atoms with van der Waals surface area (Å²) in [5.74, 6) is -1.05. The Morgan fingerprint density at radius 2 is 1.77 bits per heavy atom. The van der Waals surface area contributed by atoms with Gasteiger partial charge in [-0.2, -0.15) is 0 Å². The molecule has 0 aliphatic carbocycles. The molecule has 0 heterocycles. The fourth-order valence-corrected chi connectivity index (χ4v) is 2.97. The second kappa shape index (κ2) is 5.72. The van der Waals surface area contributed by atoms with Crippen LogP contribution in [0.15, 0.2) is 41.3 Å². The molecule has 0 unspecified atom stereocenters. The lowest BCUT2D eigenvalue weighted by atomic mass is 10.1. The Hall–Kier alpha value is -2.48. The van der Waals surface area contributed by atoms with Gasteiger partial charge in [0, 0.05) is 17.8 Å². The summed E-state index contributed by atoms with van der Waals surface area (Å²) < 4.78 is 40.4. The van der Waals surface area contributed by atoms with Crippen LogP contribution in [0, 0.1) is 29.8 Å². The highest BCUT2D eigenvalue weighted by Crippen LogP contribution is 2.24. The molecule has 0 atom stereocenters. The first kappa shape index (κ1) is 15.9. The Bertz CT molecular complexity index is 850. The van der Waals surface area contributed by atoms with Crippen molar-refractivity contribution in [3.8, 4) is 0 Å². The first-order chi connectivity index (χ1) is 10.2. The zero-order valence-corrected chi connectivity index (χ0v) is 12.6. The summed E-state index contributed by atoms with van der Waals surface area (Å²) in [5, 5.41) is 10.7. The molecule has 0 bridgehead atoms. The molecule has 0 spiro atoms. The van der Waals surface area contributed by atoms with E-state index in [2.05, 4.69) is 4.72 Å². The molecule has 6 nitrogen and oxygen atoms in total. The Labute approximate surface area is 126 Å². The number of nitrogens with zero attached hydrogens (tertiary/aromatic N) is 1. The molecule has 1 N–H and O–H groups in total. The second-order valence-electron chi connectivity index (χ2n) is 4.78.